The molecule has 0 saturated heterocycles. The maximum atomic E-state index is 2.52. The number of anilines is 9. The highest BCUT2D eigenvalue weighted by Crippen LogP contribution is 2.56. The average molecular weight is 1860 g/mol. The van der Waals surface area contributed by atoms with Crippen LogP contribution in [-0.2, 0) is 0 Å². The zero-order chi connectivity index (χ0) is 93.7. The first-order valence-electron chi connectivity index (χ1n) is 48.6. The molecule has 0 atom stereocenters. The molecular weight excluding hydrogens is 1770 g/mol. The van der Waals surface area contributed by atoms with Crippen molar-refractivity contribution in [3.63, 3.8) is 0 Å². The first-order valence-corrected chi connectivity index (χ1v) is 51.0. The van der Waals surface area contributed by atoms with E-state index in [9.17, 15) is 0 Å². The molecule has 0 radical (unpaired) electrons. The Bertz CT molecular complexity index is 9370. The van der Waals surface area contributed by atoms with Gasteiger partial charge in [-0.3, -0.25) is 0 Å². The molecule has 0 saturated carbocycles. The number of nitrogens with zero attached hydrogens (tertiary/aromatic N) is 3. The van der Waals surface area contributed by atoms with E-state index >= 15 is 0 Å². The molecule has 142 heavy (non-hydrogen) atoms. The smallest absolute Gasteiger partial charge is 0.0619 e. The van der Waals surface area contributed by atoms with Crippen LogP contribution in [0.25, 0.3) is 214 Å². The van der Waals surface area contributed by atoms with Crippen molar-refractivity contribution in [3.05, 3.63) is 528 Å². The lowest BCUT2D eigenvalue weighted by molar-refractivity contribution is 1.29. The Morgan fingerprint density at radius 1 is 0.127 bits per heavy atom. The van der Waals surface area contributed by atoms with Gasteiger partial charge in [0, 0.05) is 127 Å². The Morgan fingerprint density at radius 2 is 0.345 bits per heavy atom. The van der Waals surface area contributed by atoms with Crippen molar-refractivity contribution in [2.24, 2.45) is 0 Å². The normalized spacial score (nSPS) is 11.7. The quantitative estimate of drug-likeness (QED) is 0.0705. The third kappa shape index (κ3) is 14.5. The van der Waals surface area contributed by atoms with Crippen LogP contribution in [0, 0.1) is 0 Å². The fourth-order valence-corrected chi connectivity index (χ4v) is 25.9. The summed E-state index contributed by atoms with van der Waals surface area (Å²) in [6, 6.07) is 195. The van der Waals surface area contributed by atoms with Crippen molar-refractivity contribution < 1.29 is 0 Å². The molecule has 6 heteroatoms. The van der Waals surface area contributed by atoms with Crippen LogP contribution in [0.3, 0.4) is 0 Å². The van der Waals surface area contributed by atoms with Crippen LogP contribution in [0.4, 0.5) is 51.2 Å². The molecule has 0 aliphatic carbocycles. The van der Waals surface area contributed by atoms with E-state index in [1.165, 1.54) is 198 Å². The first-order chi connectivity index (χ1) is 70.5. The third-order valence-corrected chi connectivity index (χ3v) is 32.3. The topological polar surface area (TPSA) is 9.72 Å². The Labute approximate surface area is 834 Å². The second-order valence-electron chi connectivity index (χ2n) is 36.7. The Morgan fingerprint density at radius 3 is 0.655 bits per heavy atom. The predicted molar refractivity (Wildman–Crippen MR) is 616 cm³/mol. The summed E-state index contributed by atoms with van der Waals surface area (Å²) in [5.41, 5.74) is 26.9. The summed E-state index contributed by atoms with van der Waals surface area (Å²) in [6.07, 6.45) is 0. The van der Waals surface area contributed by atoms with Gasteiger partial charge in [-0.05, 0) is 212 Å². The van der Waals surface area contributed by atoms with Crippen molar-refractivity contribution in [3.8, 4) is 77.9 Å². The summed E-state index contributed by atoms with van der Waals surface area (Å²) in [5, 5.41) is 24.7. The lowest BCUT2D eigenvalue weighted by Crippen LogP contribution is -2.14. The summed E-state index contributed by atoms with van der Waals surface area (Å²) >= 11 is 5.63. The zero-order valence-electron chi connectivity index (χ0n) is 77.3. The van der Waals surface area contributed by atoms with Gasteiger partial charge >= 0.3 is 0 Å². The number of fused-ring (bicyclic) bond motifs is 16. The average Bonchev–Trinajstić information content (AvgIpc) is 0.999. The van der Waals surface area contributed by atoms with Crippen LogP contribution >= 0.6 is 34.0 Å². The van der Waals surface area contributed by atoms with Crippen molar-refractivity contribution in [2.45, 2.75) is 0 Å². The van der Waals surface area contributed by atoms with Gasteiger partial charge in [-0.15, -0.1) is 34.0 Å². The maximum absolute atomic E-state index is 2.52. The largest absolute Gasteiger partial charge is 0.309 e. The van der Waals surface area contributed by atoms with Gasteiger partial charge in [-0.25, -0.2) is 0 Å². The second kappa shape index (κ2) is 35.4. The second-order valence-corrected chi connectivity index (χ2v) is 39.8. The highest BCUT2D eigenvalue weighted by molar-refractivity contribution is 7.27. The fourth-order valence-electron chi connectivity index (χ4n) is 22.2. The minimum atomic E-state index is 1.07. The molecule has 0 aliphatic rings. The first kappa shape index (κ1) is 83.7. The Balaban J connectivity index is 0.000000155. The van der Waals surface area contributed by atoms with E-state index in [1.807, 2.05) is 34.0 Å². The Hall–Kier alpha value is -17.6. The molecule has 25 aromatic carbocycles. The highest BCUT2D eigenvalue weighted by atomic mass is 32.1. The van der Waals surface area contributed by atoms with Crippen molar-refractivity contribution in [2.75, 3.05) is 14.7 Å². The summed E-state index contributed by atoms with van der Waals surface area (Å²) < 4.78 is 7.83. The number of hydrogen-bond donors (Lipinski definition) is 0. The summed E-state index contributed by atoms with van der Waals surface area (Å²) in [4.78, 5) is 7.53. The predicted octanol–water partition coefficient (Wildman–Crippen LogP) is 40.6. The summed E-state index contributed by atoms with van der Waals surface area (Å²) in [6.45, 7) is 0. The SMILES string of the molecule is c1cc(-c2cccc3c2sc2ccccc23)cc(N(c2ccc(-c3cccc4ccccc34)cc2)c2c3ccccc3c(N(c3ccc(-c4cccc5ccccc45)cc3)c3cccc(-c4cccc5c4sc4ccccc45)c3)c3ccccc23)c1.c1ccc(-c2c3ccccc3c(N(c3ccc(-c4cccc5ccccc45)cc3)c3cccc(-c4cccc5c4sc4ccccc45)c3)c3ccccc23)cc1. The molecule has 0 unspecified atom stereocenters. The van der Waals surface area contributed by atoms with Crippen molar-refractivity contribution in [1.82, 2.24) is 0 Å². The van der Waals surface area contributed by atoms with Gasteiger partial charge in [0.25, 0.3) is 0 Å². The molecule has 664 valence electrons. The van der Waals surface area contributed by atoms with Gasteiger partial charge in [0.05, 0.1) is 17.1 Å². The van der Waals surface area contributed by atoms with Crippen molar-refractivity contribution >= 4 is 221 Å². The van der Waals surface area contributed by atoms with Crippen LogP contribution < -0.4 is 14.7 Å². The summed E-state index contributed by atoms with van der Waals surface area (Å²) in [7, 11) is 0. The van der Waals surface area contributed by atoms with E-state index in [4.69, 9.17) is 0 Å². The molecule has 0 bridgehead atoms. The lowest BCUT2D eigenvalue weighted by atomic mass is 9.89. The molecule has 3 heterocycles. The standard InChI is InChI=1S/C82H52N2S2.C54H35NS/c1-3-27-63-53(19-1)21-15-35-65(63)55-43-47-59(48-44-55)83(61-25-13-23-57(51-61)67-37-17-39-75-69-29-9-11-41-77(69)85-81(67)75)79-71-31-5-7-33-73(71)80(74-34-8-6-32-72(74)79)84(60-49-45-56(46-50-60)66-36-16-22-54-20-2-4-28-64(54)66)62-26-14-24-58(52-62)68-38-18-40-76-70-30-10-12-42-78(70)86-82(68)76;1-2-16-38(17-3-1)52-46-23-6-8-25-48(46)53(49-26-9-7-24-47(49)52)55(40-33-31-37(32-34-40)43-27-13-18-36-15-4-5-21-42(36)43)41-20-12-19-39(35-41)44-28-14-29-50-45-22-10-11-30-51(45)56-54(44)50/h1-52H;1-35H. The van der Waals surface area contributed by atoms with Crippen LogP contribution in [0.2, 0.25) is 0 Å². The van der Waals surface area contributed by atoms with Crippen LogP contribution in [0.1, 0.15) is 0 Å². The number of rotatable bonds is 16. The molecule has 0 N–H and O–H groups in total. The van der Waals surface area contributed by atoms with Gasteiger partial charge in [0.1, 0.15) is 0 Å². The molecular formula is C136H87N3S3. The number of benzene rings is 25. The molecule has 3 aromatic heterocycles. The van der Waals surface area contributed by atoms with Gasteiger partial charge in [0.15, 0.2) is 0 Å². The van der Waals surface area contributed by atoms with Gasteiger partial charge in [-0.2, -0.15) is 0 Å². The number of thiophene rings is 3. The van der Waals surface area contributed by atoms with Gasteiger partial charge in [-0.1, -0.05) is 437 Å². The molecule has 28 aromatic rings. The van der Waals surface area contributed by atoms with E-state index in [1.54, 1.807) is 0 Å². The van der Waals surface area contributed by atoms with E-state index in [0.29, 0.717) is 0 Å². The third-order valence-electron chi connectivity index (χ3n) is 28.6. The van der Waals surface area contributed by atoms with Crippen LogP contribution in [0.5, 0.6) is 0 Å². The molecule has 3 nitrogen and oxygen atoms in total. The minimum absolute atomic E-state index is 1.07. The van der Waals surface area contributed by atoms with Gasteiger partial charge in [0.2, 0.25) is 0 Å². The zero-order valence-corrected chi connectivity index (χ0v) is 79.7. The maximum Gasteiger partial charge on any atom is 0.0619 e. The lowest BCUT2D eigenvalue weighted by Gasteiger charge is -2.33. The van der Waals surface area contributed by atoms with E-state index < -0.39 is 0 Å². The Kier molecular flexibility index (Phi) is 20.9. The highest BCUT2D eigenvalue weighted by Gasteiger charge is 2.30. The molecule has 0 fully saturated rings. The number of hydrogen-bond acceptors (Lipinski definition) is 6. The summed E-state index contributed by atoms with van der Waals surface area (Å²) in [5.74, 6) is 0. The minimum Gasteiger partial charge on any atom is -0.309 e. The molecule has 0 aliphatic heterocycles. The van der Waals surface area contributed by atoms with Gasteiger partial charge < -0.3 is 14.7 Å². The van der Waals surface area contributed by atoms with Crippen molar-refractivity contribution in [1.29, 1.82) is 0 Å². The molecule has 28 rings (SSSR count). The van der Waals surface area contributed by atoms with E-state index in [2.05, 4.69) is 542 Å². The molecule has 0 amide bonds. The van der Waals surface area contributed by atoms with E-state index in [-0.39, 0.29) is 0 Å². The fraction of sp³-hybridized carbons (Fsp3) is 0. The van der Waals surface area contributed by atoms with Crippen LogP contribution in [0.15, 0.2) is 528 Å². The van der Waals surface area contributed by atoms with E-state index in [0.717, 1.165) is 67.0 Å². The van der Waals surface area contributed by atoms with Crippen LogP contribution in [-0.4, -0.2) is 0 Å². The monoisotopic (exact) mass is 1860 g/mol. The molecule has 0 spiro atoms.